The Morgan fingerprint density at radius 1 is 1.12 bits per heavy atom. The predicted molar refractivity (Wildman–Crippen MR) is 107 cm³/mol. The number of aromatic hydroxyl groups is 1. The van der Waals surface area contributed by atoms with E-state index in [9.17, 15) is 9.90 Å². The first-order valence-corrected chi connectivity index (χ1v) is 8.77. The fraction of sp³-hybridized carbons (Fsp3) is 0.318. The zero-order chi connectivity index (χ0) is 19.4. The Bertz CT molecular complexity index is 818. The number of ether oxygens (including phenoxy) is 1. The van der Waals surface area contributed by atoms with Gasteiger partial charge in [-0.3, -0.25) is 4.79 Å². The van der Waals surface area contributed by atoms with Crippen LogP contribution in [0, 0.1) is 0 Å². The Hall–Kier alpha value is -2.75. The Morgan fingerprint density at radius 3 is 2.23 bits per heavy atom. The van der Waals surface area contributed by atoms with E-state index in [-0.39, 0.29) is 23.4 Å². The third-order valence-corrected chi connectivity index (χ3v) is 4.36. The number of carbonyl (C=O) groups excluding carboxylic acids is 1. The first-order chi connectivity index (χ1) is 12.3. The number of nitrogen functional groups attached to an aromatic ring is 1. The topological polar surface area (TPSA) is 72.5 Å². The Kier molecular flexibility index (Phi) is 6.09. The largest absolute Gasteiger partial charge is 0.507 e. The van der Waals surface area contributed by atoms with Gasteiger partial charge >= 0.3 is 0 Å². The van der Waals surface area contributed by atoms with Crippen LogP contribution in [0.4, 0.5) is 5.69 Å². The molecule has 2 rings (SSSR count). The maximum atomic E-state index is 12.4. The highest BCUT2D eigenvalue weighted by Gasteiger charge is 2.21. The summed E-state index contributed by atoms with van der Waals surface area (Å²) in [5.74, 6) is 0.997. The average molecular weight is 353 g/mol. The summed E-state index contributed by atoms with van der Waals surface area (Å²) in [6.45, 7) is 8.07. The second-order valence-corrected chi connectivity index (χ2v) is 6.98. The lowest BCUT2D eigenvalue weighted by molar-refractivity contribution is 0.104. The fourth-order valence-corrected chi connectivity index (χ4v) is 2.96. The summed E-state index contributed by atoms with van der Waals surface area (Å²) in [6.07, 6.45) is 3.27. The molecule has 0 heterocycles. The molecule has 0 aliphatic rings. The summed E-state index contributed by atoms with van der Waals surface area (Å²) in [5, 5.41) is 10.7. The van der Waals surface area contributed by atoms with Gasteiger partial charge in [-0.05, 0) is 59.9 Å². The van der Waals surface area contributed by atoms with Gasteiger partial charge in [-0.15, -0.1) is 0 Å². The van der Waals surface area contributed by atoms with Crippen LogP contribution in [0.15, 0.2) is 36.4 Å². The molecular formula is C22H27NO3. The number of carbonyl (C=O) groups is 1. The molecule has 138 valence electrons. The van der Waals surface area contributed by atoms with Crippen LogP contribution in [0.3, 0.4) is 0 Å². The van der Waals surface area contributed by atoms with Crippen LogP contribution >= 0.6 is 0 Å². The zero-order valence-electron chi connectivity index (χ0n) is 16.0. The molecule has 0 bridgehead atoms. The van der Waals surface area contributed by atoms with Crippen molar-refractivity contribution < 1.29 is 14.6 Å². The number of methoxy groups -OCH3 is 1. The third-order valence-electron chi connectivity index (χ3n) is 4.36. The van der Waals surface area contributed by atoms with Crippen LogP contribution in [0.2, 0.25) is 0 Å². The van der Waals surface area contributed by atoms with E-state index in [2.05, 4.69) is 0 Å². The summed E-state index contributed by atoms with van der Waals surface area (Å²) in [6, 6.07) is 8.70. The molecule has 4 nitrogen and oxygen atoms in total. The summed E-state index contributed by atoms with van der Waals surface area (Å²) in [7, 11) is 1.58. The van der Waals surface area contributed by atoms with Gasteiger partial charge in [-0.2, -0.15) is 0 Å². The number of nitrogens with two attached hydrogens (primary N) is 1. The minimum absolute atomic E-state index is 0.0867. The lowest BCUT2D eigenvalue weighted by Crippen LogP contribution is -2.02. The number of hydrogen-bond donors (Lipinski definition) is 2. The van der Waals surface area contributed by atoms with Crippen molar-refractivity contribution in [3.8, 4) is 11.5 Å². The highest BCUT2D eigenvalue weighted by molar-refractivity contribution is 6.07. The van der Waals surface area contributed by atoms with E-state index in [1.54, 1.807) is 37.5 Å². The molecule has 0 aliphatic heterocycles. The van der Waals surface area contributed by atoms with Crippen molar-refractivity contribution in [2.24, 2.45) is 0 Å². The Balaban J connectivity index is 2.50. The number of benzene rings is 2. The number of allylic oxidation sites excluding steroid dienone is 1. The van der Waals surface area contributed by atoms with E-state index in [0.29, 0.717) is 17.0 Å². The van der Waals surface area contributed by atoms with E-state index < -0.39 is 0 Å². The molecule has 26 heavy (non-hydrogen) atoms. The molecule has 0 aromatic heterocycles. The molecule has 0 aliphatic carbocycles. The fourth-order valence-electron chi connectivity index (χ4n) is 2.96. The van der Waals surface area contributed by atoms with E-state index >= 15 is 0 Å². The van der Waals surface area contributed by atoms with Gasteiger partial charge in [0.2, 0.25) is 0 Å². The van der Waals surface area contributed by atoms with E-state index in [1.807, 2.05) is 33.8 Å². The highest BCUT2D eigenvalue weighted by atomic mass is 16.5. The minimum atomic E-state index is -0.114. The van der Waals surface area contributed by atoms with Gasteiger partial charge in [-0.25, -0.2) is 0 Å². The number of phenols is 1. The number of phenolic OH excluding ortho intramolecular Hbond substituents is 1. The summed E-state index contributed by atoms with van der Waals surface area (Å²) in [4.78, 5) is 12.4. The first kappa shape index (κ1) is 19.6. The van der Waals surface area contributed by atoms with Crippen molar-refractivity contribution in [2.75, 3.05) is 12.8 Å². The van der Waals surface area contributed by atoms with E-state index in [4.69, 9.17) is 10.5 Å². The minimum Gasteiger partial charge on any atom is -0.507 e. The normalized spacial score (nSPS) is 11.5. The maximum Gasteiger partial charge on any atom is 0.185 e. The molecule has 0 radical (unpaired) electrons. The number of anilines is 1. The van der Waals surface area contributed by atoms with Crippen LogP contribution in [0.25, 0.3) is 6.08 Å². The quantitative estimate of drug-likeness (QED) is 0.429. The second kappa shape index (κ2) is 8.09. The van der Waals surface area contributed by atoms with E-state index in [0.717, 1.165) is 16.7 Å². The number of ketones is 1. The van der Waals surface area contributed by atoms with Crippen molar-refractivity contribution in [1.82, 2.24) is 0 Å². The highest BCUT2D eigenvalue weighted by Crippen LogP contribution is 2.42. The first-order valence-electron chi connectivity index (χ1n) is 8.77. The van der Waals surface area contributed by atoms with Gasteiger partial charge in [0.25, 0.3) is 0 Å². The summed E-state index contributed by atoms with van der Waals surface area (Å²) < 4.78 is 5.57. The molecule has 0 unspecified atom stereocenters. The van der Waals surface area contributed by atoms with Crippen molar-refractivity contribution in [1.29, 1.82) is 0 Å². The molecule has 0 saturated carbocycles. The van der Waals surface area contributed by atoms with Crippen LogP contribution in [-0.4, -0.2) is 18.0 Å². The molecule has 0 fully saturated rings. The second-order valence-electron chi connectivity index (χ2n) is 6.98. The molecule has 4 heteroatoms. The van der Waals surface area contributed by atoms with Crippen molar-refractivity contribution in [2.45, 2.75) is 39.5 Å². The van der Waals surface area contributed by atoms with Gasteiger partial charge in [0, 0.05) is 22.4 Å². The van der Waals surface area contributed by atoms with Gasteiger partial charge in [-0.1, -0.05) is 27.7 Å². The zero-order valence-corrected chi connectivity index (χ0v) is 16.0. The molecule has 0 atom stereocenters. The molecule has 0 spiro atoms. The molecular weight excluding hydrogens is 326 g/mol. The van der Waals surface area contributed by atoms with Gasteiger partial charge < -0.3 is 15.6 Å². The van der Waals surface area contributed by atoms with Gasteiger partial charge in [0.15, 0.2) is 5.78 Å². The SMILES string of the molecule is COc1c(/C=C/C(=O)c2ccc(N)cc2)cc(C(C)C)c(O)c1C(C)C. The van der Waals surface area contributed by atoms with Crippen molar-refractivity contribution in [3.63, 3.8) is 0 Å². The molecule has 3 N–H and O–H groups in total. The summed E-state index contributed by atoms with van der Waals surface area (Å²) in [5.41, 5.74) is 9.24. The lowest BCUT2D eigenvalue weighted by atomic mass is 9.90. The molecule has 2 aromatic carbocycles. The average Bonchev–Trinajstić information content (AvgIpc) is 2.59. The molecule has 0 amide bonds. The van der Waals surface area contributed by atoms with Crippen LogP contribution in [0.1, 0.15) is 66.6 Å². The molecule has 2 aromatic rings. The van der Waals surface area contributed by atoms with Crippen LogP contribution < -0.4 is 10.5 Å². The van der Waals surface area contributed by atoms with Crippen LogP contribution in [-0.2, 0) is 0 Å². The number of rotatable bonds is 6. The smallest absolute Gasteiger partial charge is 0.185 e. The Morgan fingerprint density at radius 2 is 1.73 bits per heavy atom. The van der Waals surface area contributed by atoms with Crippen molar-refractivity contribution >= 4 is 17.5 Å². The Labute approximate surface area is 155 Å². The van der Waals surface area contributed by atoms with Gasteiger partial charge in [0.1, 0.15) is 11.5 Å². The van der Waals surface area contributed by atoms with Crippen LogP contribution in [0.5, 0.6) is 11.5 Å². The third kappa shape index (κ3) is 4.07. The summed E-state index contributed by atoms with van der Waals surface area (Å²) >= 11 is 0. The predicted octanol–water partition coefficient (Wildman–Crippen LogP) is 5.13. The lowest BCUT2D eigenvalue weighted by Gasteiger charge is -2.20. The monoisotopic (exact) mass is 353 g/mol. The van der Waals surface area contributed by atoms with E-state index in [1.165, 1.54) is 6.08 Å². The van der Waals surface area contributed by atoms with Gasteiger partial charge in [0.05, 0.1) is 7.11 Å². The standard InChI is InChI=1S/C22H27NO3/c1-13(2)18-12-16(22(26-5)20(14(3)4)21(18)25)8-11-19(24)15-6-9-17(23)10-7-15/h6-14,25H,23H2,1-5H3/b11-8+. The van der Waals surface area contributed by atoms with Crippen molar-refractivity contribution in [3.05, 3.63) is 58.7 Å². The number of hydrogen-bond acceptors (Lipinski definition) is 4. The maximum absolute atomic E-state index is 12.4. The molecule has 0 saturated heterocycles.